The van der Waals surface area contributed by atoms with E-state index in [-0.39, 0.29) is 18.6 Å². The third-order valence-electron chi connectivity index (χ3n) is 3.66. The molecule has 0 aliphatic rings. The molecule has 3 N–H and O–H groups in total. The van der Waals surface area contributed by atoms with Gasteiger partial charge in [0.25, 0.3) is 5.91 Å². The minimum absolute atomic E-state index is 0.0196. The van der Waals surface area contributed by atoms with Crippen molar-refractivity contribution in [1.29, 1.82) is 0 Å². The molecule has 1 unspecified atom stereocenters. The molecule has 0 radical (unpaired) electrons. The Morgan fingerprint density at radius 3 is 2.33 bits per heavy atom. The summed E-state index contributed by atoms with van der Waals surface area (Å²) < 4.78 is 16.0. The quantitative estimate of drug-likeness (QED) is 0.810. The maximum atomic E-state index is 11.2. The number of amides is 1. The summed E-state index contributed by atoms with van der Waals surface area (Å²) in [5.74, 6) is 1.80. The highest BCUT2D eigenvalue weighted by Gasteiger charge is 2.15. The molecule has 2 rings (SSSR count). The number of likely N-dealkylation sites (N-methyl/N-ethyl adjacent to an activating group) is 1. The Bertz CT molecular complexity index is 686. The second-order valence-corrected chi connectivity index (χ2v) is 5.12. The van der Waals surface area contributed by atoms with E-state index in [1.165, 1.54) is 0 Å². The maximum absolute atomic E-state index is 11.2. The first-order valence-electron chi connectivity index (χ1n) is 7.50. The predicted octanol–water partition coefficient (Wildman–Crippen LogP) is 1.88. The van der Waals surface area contributed by atoms with Crippen LogP contribution < -0.4 is 25.3 Å². The van der Waals surface area contributed by atoms with Gasteiger partial charge in [-0.3, -0.25) is 4.79 Å². The lowest BCUT2D eigenvalue weighted by atomic mass is 9.98. The molecule has 0 fully saturated rings. The fourth-order valence-electron chi connectivity index (χ4n) is 2.25. The first-order valence-corrected chi connectivity index (χ1v) is 7.50. The molecule has 6 heteroatoms. The molecule has 6 nitrogen and oxygen atoms in total. The number of nitrogens with one attached hydrogen (secondary N) is 1. The zero-order valence-electron chi connectivity index (χ0n) is 14.0. The largest absolute Gasteiger partial charge is 0.497 e. The normalized spacial score (nSPS) is 11.5. The summed E-state index contributed by atoms with van der Waals surface area (Å²) in [4.78, 5) is 11.2. The Balaban J connectivity index is 2.15. The van der Waals surface area contributed by atoms with Crippen LogP contribution in [0.25, 0.3) is 0 Å². The smallest absolute Gasteiger partial charge is 0.257 e. The van der Waals surface area contributed by atoms with Crippen molar-refractivity contribution < 1.29 is 19.0 Å². The molecule has 1 amide bonds. The second-order valence-electron chi connectivity index (χ2n) is 5.12. The summed E-state index contributed by atoms with van der Waals surface area (Å²) in [5.41, 5.74) is 8.12. The van der Waals surface area contributed by atoms with Gasteiger partial charge in [0, 0.05) is 18.7 Å². The third-order valence-corrected chi connectivity index (χ3v) is 3.66. The average molecular weight is 330 g/mol. The molecule has 0 saturated heterocycles. The monoisotopic (exact) mass is 330 g/mol. The number of benzene rings is 2. The summed E-state index contributed by atoms with van der Waals surface area (Å²) >= 11 is 0. The molecule has 2 aromatic carbocycles. The topological polar surface area (TPSA) is 82.8 Å². The van der Waals surface area contributed by atoms with E-state index in [4.69, 9.17) is 19.9 Å². The maximum Gasteiger partial charge on any atom is 0.257 e. The Kier molecular flexibility index (Phi) is 6.03. The molecule has 0 spiro atoms. The van der Waals surface area contributed by atoms with Gasteiger partial charge in [-0.2, -0.15) is 0 Å². The van der Waals surface area contributed by atoms with Crippen molar-refractivity contribution in [2.75, 3.05) is 27.9 Å². The number of carbonyl (C=O) groups excluding carboxylic acids is 1. The Labute approximate surface area is 141 Å². The number of methoxy groups -OCH3 is 2. The Morgan fingerprint density at radius 1 is 1.08 bits per heavy atom. The van der Waals surface area contributed by atoms with Gasteiger partial charge in [0.15, 0.2) is 6.61 Å². The lowest BCUT2D eigenvalue weighted by Gasteiger charge is -2.17. The van der Waals surface area contributed by atoms with Crippen LogP contribution >= 0.6 is 0 Å². The molecule has 0 aromatic heterocycles. The van der Waals surface area contributed by atoms with Gasteiger partial charge in [-0.05, 0) is 29.8 Å². The van der Waals surface area contributed by atoms with Crippen molar-refractivity contribution in [3.8, 4) is 17.2 Å². The molecule has 0 bridgehead atoms. The zero-order chi connectivity index (χ0) is 17.5. The number of rotatable bonds is 7. The highest BCUT2D eigenvalue weighted by atomic mass is 16.5. The number of carbonyl (C=O) groups is 1. The molecule has 24 heavy (non-hydrogen) atoms. The first kappa shape index (κ1) is 17.6. The Morgan fingerprint density at radius 2 is 1.75 bits per heavy atom. The summed E-state index contributed by atoms with van der Waals surface area (Å²) in [6.45, 7) is -0.0196. The molecule has 0 aliphatic heterocycles. The van der Waals surface area contributed by atoms with E-state index >= 15 is 0 Å². The van der Waals surface area contributed by atoms with Crippen molar-refractivity contribution in [2.45, 2.75) is 6.04 Å². The van der Waals surface area contributed by atoms with Crippen LogP contribution in [-0.4, -0.2) is 33.8 Å². The summed E-state index contributed by atoms with van der Waals surface area (Å²) in [6.07, 6.45) is 0. The third kappa shape index (κ3) is 4.17. The zero-order valence-corrected chi connectivity index (χ0v) is 14.0. The van der Waals surface area contributed by atoms with Crippen molar-refractivity contribution >= 4 is 5.91 Å². The molecule has 0 heterocycles. The second kappa shape index (κ2) is 8.21. The van der Waals surface area contributed by atoms with E-state index in [0.29, 0.717) is 17.2 Å². The molecule has 0 aliphatic carbocycles. The number of hydrogen-bond donors (Lipinski definition) is 2. The van der Waals surface area contributed by atoms with Crippen LogP contribution in [0.1, 0.15) is 17.2 Å². The summed E-state index contributed by atoms with van der Waals surface area (Å²) in [5, 5.41) is 2.50. The molecule has 128 valence electrons. The van der Waals surface area contributed by atoms with Gasteiger partial charge in [-0.1, -0.05) is 12.1 Å². The lowest BCUT2D eigenvalue weighted by molar-refractivity contribution is -0.122. The number of hydrogen-bond acceptors (Lipinski definition) is 5. The van der Waals surface area contributed by atoms with Crippen molar-refractivity contribution in [3.05, 3.63) is 53.6 Å². The SMILES string of the molecule is CNC(=O)COc1ccc(C(N)c2ccc(OC)cc2OC)cc1. The predicted molar refractivity (Wildman–Crippen MR) is 91.6 cm³/mol. The van der Waals surface area contributed by atoms with Gasteiger partial charge in [0.05, 0.1) is 20.3 Å². The molecule has 0 saturated carbocycles. The van der Waals surface area contributed by atoms with Gasteiger partial charge in [0.1, 0.15) is 17.2 Å². The summed E-state index contributed by atoms with van der Waals surface area (Å²) in [6, 6.07) is 12.5. The van der Waals surface area contributed by atoms with E-state index in [9.17, 15) is 4.79 Å². The van der Waals surface area contributed by atoms with Crippen LogP contribution in [0.3, 0.4) is 0 Å². The van der Waals surface area contributed by atoms with Crippen LogP contribution in [-0.2, 0) is 4.79 Å². The average Bonchev–Trinajstić information content (AvgIpc) is 2.65. The van der Waals surface area contributed by atoms with Gasteiger partial charge < -0.3 is 25.3 Å². The van der Waals surface area contributed by atoms with Crippen LogP contribution in [0, 0.1) is 0 Å². The van der Waals surface area contributed by atoms with Crippen molar-refractivity contribution in [1.82, 2.24) is 5.32 Å². The van der Waals surface area contributed by atoms with E-state index in [1.807, 2.05) is 24.3 Å². The highest BCUT2D eigenvalue weighted by Crippen LogP contribution is 2.32. The van der Waals surface area contributed by atoms with E-state index in [2.05, 4.69) is 5.32 Å². The minimum Gasteiger partial charge on any atom is -0.497 e. The molecular weight excluding hydrogens is 308 g/mol. The molecule has 2 aromatic rings. The van der Waals surface area contributed by atoms with Crippen LogP contribution in [0.15, 0.2) is 42.5 Å². The van der Waals surface area contributed by atoms with Crippen molar-refractivity contribution in [2.24, 2.45) is 5.73 Å². The highest BCUT2D eigenvalue weighted by molar-refractivity contribution is 5.77. The van der Waals surface area contributed by atoms with Crippen molar-refractivity contribution in [3.63, 3.8) is 0 Å². The molecular formula is C18H22N2O4. The lowest BCUT2D eigenvalue weighted by Crippen LogP contribution is -2.24. The van der Waals surface area contributed by atoms with E-state index in [1.54, 1.807) is 39.5 Å². The fraction of sp³-hybridized carbons (Fsp3) is 0.278. The number of nitrogens with two attached hydrogens (primary N) is 1. The summed E-state index contributed by atoms with van der Waals surface area (Å²) in [7, 11) is 4.77. The van der Waals surface area contributed by atoms with E-state index < -0.39 is 0 Å². The van der Waals surface area contributed by atoms with E-state index in [0.717, 1.165) is 11.1 Å². The Hall–Kier alpha value is -2.73. The van der Waals surface area contributed by atoms with Gasteiger partial charge >= 0.3 is 0 Å². The van der Waals surface area contributed by atoms with Gasteiger partial charge in [-0.25, -0.2) is 0 Å². The van der Waals surface area contributed by atoms with Crippen LogP contribution in [0.5, 0.6) is 17.2 Å². The number of ether oxygens (including phenoxy) is 3. The molecule has 1 atom stereocenters. The van der Waals surface area contributed by atoms with Gasteiger partial charge in [-0.15, -0.1) is 0 Å². The minimum atomic E-state index is -0.348. The van der Waals surface area contributed by atoms with Gasteiger partial charge in [0.2, 0.25) is 0 Å². The van der Waals surface area contributed by atoms with Crippen LogP contribution in [0.4, 0.5) is 0 Å². The first-order chi connectivity index (χ1) is 11.6. The fourth-order valence-corrected chi connectivity index (χ4v) is 2.25. The standard InChI is InChI=1S/C18H22N2O4/c1-20-17(21)11-24-13-6-4-12(5-7-13)18(19)15-9-8-14(22-2)10-16(15)23-3/h4-10,18H,11,19H2,1-3H3,(H,20,21). The van der Waals surface area contributed by atoms with Crippen LogP contribution in [0.2, 0.25) is 0 Å².